The van der Waals surface area contributed by atoms with Crippen LogP contribution < -0.4 is 0 Å². The van der Waals surface area contributed by atoms with Crippen LogP contribution in [0.3, 0.4) is 0 Å². The first kappa shape index (κ1) is 11.0. The Morgan fingerprint density at radius 1 is 1.18 bits per heavy atom. The predicted molar refractivity (Wildman–Crippen MR) is 52.5 cm³/mol. The largest absolute Gasteiger partial charge is 0.0654 e. The Bertz CT molecular complexity index is 74.1. The zero-order valence-corrected chi connectivity index (χ0v) is 8.61. The second-order valence-corrected chi connectivity index (χ2v) is 4.01. The van der Waals surface area contributed by atoms with Gasteiger partial charge in [0.2, 0.25) is 0 Å². The smallest absolute Gasteiger partial charge is 0.0300 e. The maximum absolute atomic E-state index is 2.36. The van der Waals surface area contributed by atoms with Crippen LogP contribution >= 0.6 is 0 Å². The van der Waals surface area contributed by atoms with Crippen LogP contribution in [0.5, 0.6) is 0 Å². The second-order valence-electron chi connectivity index (χ2n) is 4.01. The maximum Gasteiger partial charge on any atom is -0.0300 e. The lowest BCUT2D eigenvalue weighted by Gasteiger charge is -2.12. The molecule has 0 aromatic heterocycles. The third kappa shape index (κ3) is 7.90. The molecule has 0 spiro atoms. The molecule has 0 nitrogen and oxygen atoms in total. The average molecular weight is 155 g/mol. The van der Waals surface area contributed by atoms with Gasteiger partial charge in [-0.15, -0.1) is 0 Å². The van der Waals surface area contributed by atoms with Crippen molar-refractivity contribution in [1.82, 2.24) is 0 Å². The number of hydrogen-bond acceptors (Lipinski definition) is 0. The van der Waals surface area contributed by atoms with Crippen LogP contribution in [-0.2, 0) is 0 Å². The van der Waals surface area contributed by atoms with Crippen LogP contribution in [-0.4, -0.2) is 0 Å². The Morgan fingerprint density at radius 2 is 1.82 bits per heavy atom. The average Bonchev–Trinajstić information content (AvgIpc) is 1.86. The SMILES string of the molecule is CCCCCC(C)C[C](C)C. The Labute approximate surface area is 72.4 Å². The molecule has 0 aromatic carbocycles. The molecular formula is C11H23. The maximum atomic E-state index is 2.36. The first-order chi connectivity index (χ1) is 5.16. The van der Waals surface area contributed by atoms with E-state index in [1.807, 2.05) is 0 Å². The van der Waals surface area contributed by atoms with Crippen LogP contribution in [0.4, 0.5) is 0 Å². The summed E-state index contributed by atoms with van der Waals surface area (Å²) in [5.41, 5.74) is 0. The molecule has 0 aliphatic heterocycles. The zero-order valence-electron chi connectivity index (χ0n) is 8.61. The van der Waals surface area contributed by atoms with Crippen molar-refractivity contribution >= 4 is 0 Å². The Morgan fingerprint density at radius 3 is 2.27 bits per heavy atom. The summed E-state index contributed by atoms with van der Waals surface area (Å²) in [5, 5.41) is 0. The van der Waals surface area contributed by atoms with E-state index in [1.165, 1.54) is 32.1 Å². The molecule has 0 aliphatic rings. The van der Waals surface area contributed by atoms with Gasteiger partial charge >= 0.3 is 0 Å². The zero-order chi connectivity index (χ0) is 8.69. The summed E-state index contributed by atoms with van der Waals surface area (Å²) in [5.74, 6) is 2.49. The van der Waals surface area contributed by atoms with Crippen molar-refractivity contribution in [1.29, 1.82) is 0 Å². The molecule has 0 aromatic rings. The standard InChI is InChI=1S/C11H23/c1-5-6-7-8-11(4)9-10(2)3/h11H,5-9H2,1-4H3. The first-order valence-corrected chi connectivity index (χ1v) is 4.95. The molecule has 0 fully saturated rings. The van der Waals surface area contributed by atoms with Gasteiger partial charge in [0.25, 0.3) is 0 Å². The summed E-state index contributed by atoms with van der Waals surface area (Å²) >= 11 is 0. The Balaban J connectivity index is 3.15. The van der Waals surface area contributed by atoms with E-state index >= 15 is 0 Å². The molecule has 1 atom stereocenters. The van der Waals surface area contributed by atoms with Crippen LogP contribution in [0.1, 0.15) is 59.8 Å². The molecule has 1 radical (unpaired) electrons. The van der Waals surface area contributed by atoms with E-state index in [1.54, 1.807) is 5.92 Å². The molecular weight excluding hydrogens is 132 g/mol. The van der Waals surface area contributed by atoms with Crippen molar-refractivity contribution in [2.24, 2.45) is 5.92 Å². The fourth-order valence-corrected chi connectivity index (χ4v) is 1.54. The molecule has 0 heteroatoms. The van der Waals surface area contributed by atoms with Gasteiger partial charge in [0.05, 0.1) is 0 Å². The van der Waals surface area contributed by atoms with Crippen molar-refractivity contribution in [3.63, 3.8) is 0 Å². The molecule has 0 N–H and O–H groups in total. The molecule has 0 rings (SSSR count). The normalized spacial score (nSPS) is 13.9. The summed E-state index contributed by atoms with van der Waals surface area (Å²) in [6, 6.07) is 0. The minimum atomic E-state index is 0.909. The summed E-state index contributed by atoms with van der Waals surface area (Å²) in [6.07, 6.45) is 6.92. The van der Waals surface area contributed by atoms with E-state index < -0.39 is 0 Å². The molecule has 0 bridgehead atoms. The van der Waals surface area contributed by atoms with E-state index in [0.717, 1.165) is 5.92 Å². The molecule has 1 unspecified atom stereocenters. The fourth-order valence-electron chi connectivity index (χ4n) is 1.54. The highest BCUT2D eigenvalue weighted by molar-refractivity contribution is 4.78. The van der Waals surface area contributed by atoms with E-state index in [9.17, 15) is 0 Å². The molecule has 0 saturated heterocycles. The van der Waals surface area contributed by atoms with Gasteiger partial charge < -0.3 is 0 Å². The van der Waals surface area contributed by atoms with Crippen molar-refractivity contribution in [2.45, 2.75) is 59.8 Å². The highest BCUT2D eigenvalue weighted by Gasteiger charge is 2.03. The van der Waals surface area contributed by atoms with E-state index in [-0.39, 0.29) is 0 Å². The molecule has 0 heterocycles. The van der Waals surface area contributed by atoms with Gasteiger partial charge in [0.15, 0.2) is 0 Å². The van der Waals surface area contributed by atoms with Crippen LogP contribution in [0.15, 0.2) is 0 Å². The van der Waals surface area contributed by atoms with Crippen molar-refractivity contribution in [3.8, 4) is 0 Å². The Kier molecular flexibility index (Phi) is 6.69. The number of hydrogen-bond donors (Lipinski definition) is 0. The minimum Gasteiger partial charge on any atom is -0.0654 e. The summed E-state index contributed by atoms with van der Waals surface area (Å²) < 4.78 is 0. The monoisotopic (exact) mass is 155 g/mol. The predicted octanol–water partition coefficient (Wildman–Crippen LogP) is 4.21. The van der Waals surface area contributed by atoms with E-state index in [0.29, 0.717) is 0 Å². The van der Waals surface area contributed by atoms with E-state index in [4.69, 9.17) is 0 Å². The molecule has 0 amide bonds. The quantitative estimate of drug-likeness (QED) is 0.504. The minimum absolute atomic E-state index is 0.909. The number of rotatable bonds is 6. The van der Waals surface area contributed by atoms with Gasteiger partial charge in [-0.25, -0.2) is 0 Å². The van der Waals surface area contributed by atoms with Gasteiger partial charge in [-0.05, 0) is 18.3 Å². The van der Waals surface area contributed by atoms with Crippen molar-refractivity contribution in [2.75, 3.05) is 0 Å². The highest BCUT2D eigenvalue weighted by atomic mass is 14.1. The van der Waals surface area contributed by atoms with Gasteiger partial charge in [0.1, 0.15) is 0 Å². The lowest BCUT2D eigenvalue weighted by atomic mass is 9.94. The van der Waals surface area contributed by atoms with Crippen molar-refractivity contribution < 1.29 is 0 Å². The Hall–Kier alpha value is 0. The summed E-state index contributed by atoms with van der Waals surface area (Å²) in [4.78, 5) is 0. The van der Waals surface area contributed by atoms with Crippen molar-refractivity contribution in [3.05, 3.63) is 5.92 Å². The summed E-state index contributed by atoms with van der Waals surface area (Å²) in [7, 11) is 0. The topological polar surface area (TPSA) is 0 Å². The first-order valence-electron chi connectivity index (χ1n) is 4.95. The lowest BCUT2D eigenvalue weighted by molar-refractivity contribution is 0.473. The fraction of sp³-hybridized carbons (Fsp3) is 0.909. The third-order valence-corrected chi connectivity index (χ3v) is 2.06. The van der Waals surface area contributed by atoms with E-state index in [2.05, 4.69) is 27.7 Å². The highest BCUT2D eigenvalue weighted by Crippen LogP contribution is 2.18. The van der Waals surface area contributed by atoms with Gasteiger partial charge in [-0.2, -0.15) is 0 Å². The van der Waals surface area contributed by atoms with Gasteiger partial charge in [-0.1, -0.05) is 53.4 Å². The molecule has 0 aliphatic carbocycles. The molecule has 0 saturated carbocycles. The molecule has 67 valence electrons. The van der Waals surface area contributed by atoms with Crippen LogP contribution in [0.25, 0.3) is 0 Å². The van der Waals surface area contributed by atoms with Crippen LogP contribution in [0.2, 0.25) is 0 Å². The number of unbranched alkanes of at least 4 members (excludes halogenated alkanes) is 2. The third-order valence-electron chi connectivity index (χ3n) is 2.06. The van der Waals surface area contributed by atoms with Gasteiger partial charge in [-0.3, -0.25) is 0 Å². The summed E-state index contributed by atoms with van der Waals surface area (Å²) in [6.45, 7) is 9.09. The molecule has 11 heavy (non-hydrogen) atoms. The second kappa shape index (κ2) is 6.69. The van der Waals surface area contributed by atoms with Crippen LogP contribution in [0, 0.1) is 11.8 Å². The van der Waals surface area contributed by atoms with Gasteiger partial charge in [0, 0.05) is 0 Å². The lowest BCUT2D eigenvalue weighted by Crippen LogP contribution is -1.98.